The van der Waals surface area contributed by atoms with E-state index < -0.39 is 23.2 Å². The molecule has 1 saturated carbocycles. The van der Waals surface area contributed by atoms with Crippen LogP contribution in [-0.4, -0.2) is 30.1 Å². The number of ketones is 1. The van der Waals surface area contributed by atoms with Crippen molar-refractivity contribution in [3.63, 3.8) is 0 Å². The number of rotatable bonds is 6. The highest BCUT2D eigenvalue weighted by Crippen LogP contribution is 2.38. The molecule has 0 amide bonds. The van der Waals surface area contributed by atoms with Crippen LogP contribution in [0.25, 0.3) is 0 Å². The first-order valence-electron chi connectivity index (χ1n) is 9.91. The molecule has 0 aromatic heterocycles. The fourth-order valence-corrected chi connectivity index (χ4v) is 3.92. The zero-order valence-corrected chi connectivity index (χ0v) is 16.3. The molecule has 156 valence electrons. The molecule has 0 atom stereocenters. The van der Waals surface area contributed by atoms with Crippen molar-refractivity contribution in [2.75, 3.05) is 13.4 Å². The number of carbonyl (C=O) groups is 2. The zero-order valence-electron chi connectivity index (χ0n) is 16.3. The van der Waals surface area contributed by atoms with Crippen LogP contribution in [0.4, 0.5) is 5.69 Å². The topological polar surface area (TPSA) is 105 Å². The van der Waals surface area contributed by atoms with E-state index in [1.165, 1.54) is 43.7 Å². The van der Waals surface area contributed by atoms with Gasteiger partial charge in [-0.05, 0) is 24.3 Å². The molecule has 1 aliphatic carbocycles. The van der Waals surface area contributed by atoms with Crippen molar-refractivity contribution in [2.45, 2.75) is 38.0 Å². The molecule has 2 aliphatic rings. The molecule has 1 aliphatic heterocycles. The summed E-state index contributed by atoms with van der Waals surface area (Å²) in [6.45, 7) is -0.590. The summed E-state index contributed by atoms with van der Waals surface area (Å²) >= 11 is 0. The minimum Gasteiger partial charge on any atom is -0.454 e. The number of fused-ring (bicyclic) bond motifs is 1. The minimum atomic E-state index is -0.966. The summed E-state index contributed by atoms with van der Waals surface area (Å²) in [5.41, 5.74) is 0.903. The second-order valence-corrected chi connectivity index (χ2v) is 7.44. The first-order valence-corrected chi connectivity index (χ1v) is 9.91. The number of nitro benzene ring substituents is 1. The van der Waals surface area contributed by atoms with E-state index in [9.17, 15) is 19.7 Å². The van der Waals surface area contributed by atoms with Crippen LogP contribution in [0.15, 0.2) is 36.4 Å². The van der Waals surface area contributed by atoms with Gasteiger partial charge in [0.05, 0.1) is 11.0 Å². The number of ether oxygens (including phenoxy) is 3. The maximum absolute atomic E-state index is 12.4. The van der Waals surface area contributed by atoms with Gasteiger partial charge in [-0.2, -0.15) is 0 Å². The molecular weight excluding hydrogens is 390 g/mol. The van der Waals surface area contributed by atoms with Crippen molar-refractivity contribution >= 4 is 17.4 Å². The Balaban J connectivity index is 1.41. The third kappa shape index (κ3) is 4.12. The molecule has 4 rings (SSSR count). The molecule has 0 spiro atoms. The van der Waals surface area contributed by atoms with Gasteiger partial charge in [0.25, 0.3) is 5.69 Å². The number of Topliss-reactive ketones (excluding diaryl/α,β-unsaturated/α-hetero) is 1. The number of nitrogens with zero attached hydrogens (tertiary/aromatic N) is 1. The average molecular weight is 411 g/mol. The second kappa shape index (κ2) is 8.52. The first kappa shape index (κ1) is 19.9. The highest BCUT2D eigenvalue weighted by Gasteiger charge is 2.28. The van der Waals surface area contributed by atoms with E-state index in [-0.39, 0.29) is 29.6 Å². The Kier molecular flexibility index (Phi) is 5.65. The van der Waals surface area contributed by atoms with E-state index in [0.717, 1.165) is 6.07 Å². The van der Waals surface area contributed by atoms with Crippen LogP contribution in [-0.2, 0) is 4.74 Å². The van der Waals surface area contributed by atoms with Gasteiger partial charge >= 0.3 is 5.97 Å². The molecule has 0 bridgehead atoms. The molecule has 0 saturated heterocycles. The molecule has 0 radical (unpaired) electrons. The standard InChI is InChI=1S/C22H21NO7/c24-19(16-8-6-15(7-9-16)14-4-2-1-3-5-14)12-28-22(25)17-10-20-21(30-13-29-20)11-18(17)23(26)27/h6-11,14H,1-5,12-13H2. The van der Waals surface area contributed by atoms with Crippen LogP contribution < -0.4 is 9.47 Å². The SMILES string of the molecule is O=C(COC(=O)c1cc2c(cc1[N+](=O)[O-])OCO2)c1ccc(C2CCCCC2)cc1. The summed E-state index contributed by atoms with van der Waals surface area (Å²) < 4.78 is 15.3. The average Bonchev–Trinajstić information content (AvgIpc) is 3.24. The minimum absolute atomic E-state index is 0.0830. The molecule has 8 nitrogen and oxygen atoms in total. The Morgan fingerprint density at radius 3 is 2.37 bits per heavy atom. The maximum Gasteiger partial charge on any atom is 0.345 e. The van der Waals surface area contributed by atoms with Crippen LogP contribution in [0, 0.1) is 10.1 Å². The summed E-state index contributed by atoms with van der Waals surface area (Å²) in [6, 6.07) is 9.70. The van der Waals surface area contributed by atoms with E-state index in [2.05, 4.69) is 0 Å². The van der Waals surface area contributed by atoms with Gasteiger partial charge in [0.1, 0.15) is 5.56 Å². The van der Waals surface area contributed by atoms with Gasteiger partial charge in [-0.15, -0.1) is 0 Å². The lowest BCUT2D eigenvalue weighted by molar-refractivity contribution is -0.385. The van der Waals surface area contributed by atoms with Gasteiger partial charge in [-0.1, -0.05) is 43.5 Å². The first-order chi connectivity index (χ1) is 14.5. The van der Waals surface area contributed by atoms with Crippen LogP contribution in [0.2, 0.25) is 0 Å². The van der Waals surface area contributed by atoms with Crippen LogP contribution in [0.1, 0.15) is 64.3 Å². The van der Waals surface area contributed by atoms with Gasteiger partial charge in [-0.3, -0.25) is 14.9 Å². The van der Waals surface area contributed by atoms with Gasteiger partial charge in [0, 0.05) is 11.6 Å². The Labute approximate surface area is 172 Å². The van der Waals surface area contributed by atoms with Gasteiger partial charge in [-0.25, -0.2) is 4.79 Å². The van der Waals surface area contributed by atoms with Crippen LogP contribution in [0.3, 0.4) is 0 Å². The number of nitro groups is 1. The van der Waals surface area contributed by atoms with Gasteiger partial charge in [0.2, 0.25) is 6.79 Å². The Morgan fingerprint density at radius 2 is 1.70 bits per heavy atom. The zero-order chi connectivity index (χ0) is 21.1. The highest BCUT2D eigenvalue weighted by molar-refractivity contribution is 6.00. The molecule has 0 unspecified atom stereocenters. The normalized spacial score (nSPS) is 15.6. The van der Waals surface area contributed by atoms with Crippen molar-refractivity contribution in [1.29, 1.82) is 0 Å². The quantitative estimate of drug-likeness (QED) is 0.300. The van der Waals surface area contributed by atoms with E-state index in [1.54, 1.807) is 12.1 Å². The summed E-state index contributed by atoms with van der Waals surface area (Å²) in [6.07, 6.45) is 6.07. The summed E-state index contributed by atoms with van der Waals surface area (Å²) in [4.78, 5) is 35.4. The lowest BCUT2D eigenvalue weighted by Gasteiger charge is -2.22. The van der Waals surface area contributed by atoms with E-state index in [4.69, 9.17) is 14.2 Å². The second-order valence-electron chi connectivity index (χ2n) is 7.44. The van der Waals surface area contributed by atoms with Crippen LogP contribution in [0.5, 0.6) is 11.5 Å². The summed E-state index contributed by atoms with van der Waals surface area (Å²) in [5.74, 6) is -0.397. The van der Waals surface area contributed by atoms with E-state index in [1.807, 2.05) is 12.1 Å². The van der Waals surface area contributed by atoms with E-state index in [0.29, 0.717) is 11.5 Å². The highest BCUT2D eigenvalue weighted by atomic mass is 16.7. The molecule has 30 heavy (non-hydrogen) atoms. The molecule has 1 heterocycles. The molecule has 2 aromatic rings. The summed E-state index contributed by atoms with van der Waals surface area (Å²) in [7, 11) is 0. The number of esters is 1. The Hall–Kier alpha value is -3.42. The lowest BCUT2D eigenvalue weighted by Crippen LogP contribution is -2.15. The number of hydrogen-bond acceptors (Lipinski definition) is 7. The Bertz CT molecular complexity index is 978. The third-order valence-corrected chi connectivity index (χ3v) is 5.55. The molecule has 0 N–H and O–H groups in total. The molecular formula is C22H21NO7. The van der Waals surface area contributed by atoms with Crippen molar-refractivity contribution in [3.05, 3.63) is 63.2 Å². The predicted molar refractivity (Wildman–Crippen MR) is 106 cm³/mol. The largest absolute Gasteiger partial charge is 0.454 e. The third-order valence-electron chi connectivity index (χ3n) is 5.55. The van der Waals surface area contributed by atoms with Gasteiger partial charge < -0.3 is 14.2 Å². The number of carbonyl (C=O) groups excluding carboxylic acids is 2. The maximum atomic E-state index is 12.4. The van der Waals surface area contributed by atoms with Gasteiger partial charge in [0.15, 0.2) is 23.9 Å². The fourth-order valence-electron chi connectivity index (χ4n) is 3.92. The monoisotopic (exact) mass is 411 g/mol. The van der Waals surface area contributed by atoms with Crippen molar-refractivity contribution in [2.24, 2.45) is 0 Å². The van der Waals surface area contributed by atoms with Crippen molar-refractivity contribution in [1.82, 2.24) is 0 Å². The smallest absolute Gasteiger partial charge is 0.345 e. The van der Waals surface area contributed by atoms with Crippen LogP contribution >= 0.6 is 0 Å². The number of benzene rings is 2. The predicted octanol–water partition coefficient (Wildman–Crippen LogP) is 4.41. The Morgan fingerprint density at radius 1 is 1.03 bits per heavy atom. The number of hydrogen-bond donors (Lipinski definition) is 0. The summed E-state index contributed by atoms with van der Waals surface area (Å²) in [5, 5.41) is 11.3. The molecule has 8 heteroatoms. The van der Waals surface area contributed by atoms with E-state index >= 15 is 0 Å². The lowest BCUT2D eigenvalue weighted by atomic mass is 9.84. The van der Waals surface area contributed by atoms with Crippen molar-refractivity contribution < 1.29 is 28.7 Å². The fraction of sp³-hybridized carbons (Fsp3) is 0.364. The molecule has 2 aromatic carbocycles. The van der Waals surface area contributed by atoms with Crippen molar-refractivity contribution in [3.8, 4) is 11.5 Å². The molecule has 1 fully saturated rings.